The Kier molecular flexibility index (Phi) is 5.50. The van der Waals surface area contributed by atoms with Crippen molar-refractivity contribution in [2.45, 2.75) is 26.2 Å². The highest BCUT2D eigenvalue weighted by atomic mass is 79.9. The van der Waals surface area contributed by atoms with Crippen LogP contribution in [0.2, 0.25) is 0 Å². The van der Waals surface area contributed by atoms with E-state index in [0.29, 0.717) is 10.4 Å². The normalized spacial score (nSPS) is 12.5. The first-order valence-corrected chi connectivity index (χ1v) is 8.02. The van der Waals surface area contributed by atoms with Gasteiger partial charge in [-0.1, -0.05) is 41.9 Å². The second kappa shape index (κ2) is 7.37. The van der Waals surface area contributed by atoms with E-state index in [1.165, 1.54) is 17.8 Å². The van der Waals surface area contributed by atoms with Crippen LogP contribution in [0.25, 0.3) is 0 Å². The summed E-state index contributed by atoms with van der Waals surface area (Å²) < 4.78 is 0.510. The first kappa shape index (κ1) is 17.1. The number of phenols is 1. The summed E-state index contributed by atoms with van der Waals surface area (Å²) in [7, 11) is 0. The first-order chi connectivity index (χ1) is 10.9. The second-order valence-electron chi connectivity index (χ2n) is 5.28. The summed E-state index contributed by atoms with van der Waals surface area (Å²) in [5.74, 6) is 0.1000. The predicted molar refractivity (Wildman–Crippen MR) is 94.9 cm³/mol. The summed E-state index contributed by atoms with van der Waals surface area (Å²) in [6.07, 6.45) is 2.49. The van der Waals surface area contributed by atoms with Crippen molar-refractivity contribution in [1.82, 2.24) is 0 Å². The monoisotopic (exact) mass is 376 g/mol. The van der Waals surface area contributed by atoms with Crippen molar-refractivity contribution < 1.29 is 10.0 Å². The van der Waals surface area contributed by atoms with Crippen molar-refractivity contribution in [1.29, 1.82) is 0 Å². The molecule has 0 aromatic heterocycles. The summed E-state index contributed by atoms with van der Waals surface area (Å²) >= 11 is 3.20. The Labute approximate surface area is 143 Å². The van der Waals surface area contributed by atoms with Crippen LogP contribution in [0, 0.1) is 10.1 Å². The van der Waals surface area contributed by atoms with E-state index in [0.717, 1.165) is 12.1 Å². The van der Waals surface area contributed by atoms with Gasteiger partial charge in [0.25, 0.3) is 0 Å². The maximum Gasteiger partial charge on any atom is 0.312 e. The summed E-state index contributed by atoms with van der Waals surface area (Å²) in [6.45, 7) is 4.30. The predicted octanol–water partition coefficient (Wildman–Crippen LogP) is 5.33. The van der Waals surface area contributed by atoms with Crippen molar-refractivity contribution >= 4 is 33.5 Å². The SMILES string of the molecule is CC[C@@H](C)c1ccc(N=Cc2cc(Br)cc([N+](=O)[O-])c2O)cc1. The summed E-state index contributed by atoms with van der Waals surface area (Å²) in [5.41, 5.74) is 1.90. The van der Waals surface area contributed by atoms with E-state index in [-0.39, 0.29) is 11.3 Å². The molecule has 1 atom stereocenters. The number of aliphatic imine (C=N–C) groups is 1. The number of hydrogen-bond donors (Lipinski definition) is 1. The molecule has 120 valence electrons. The minimum atomic E-state index is -0.627. The molecule has 0 unspecified atom stereocenters. The lowest BCUT2D eigenvalue weighted by Crippen LogP contribution is -1.92. The molecular weight excluding hydrogens is 360 g/mol. The van der Waals surface area contributed by atoms with Gasteiger partial charge in [-0.3, -0.25) is 15.1 Å². The summed E-state index contributed by atoms with van der Waals surface area (Å²) in [4.78, 5) is 14.6. The molecule has 1 N–H and O–H groups in total. The van der Waals surface area contributed by atoms with E-state index in [1.54, 1.807) is 6.07 Å². The molecule has 0 aliphatic carbocycles. The van der Waals surface area contributed by atoms with Crippen LogP contribution in [0.4, 0.5) is 11.4 Å². The lowest BCUT2D eigenvalue weighted by Gasteiger charge is -2.08. The fraction of sp³-hybridized carbons (Fsp3) is 0.235. The Morgan fingerprint density at radius 2 is 2.00 bits per heavy atom. The topological polar surface area (TPSA) is 75.7 Å². The van der Waals surface area contributed by atoms with Crippen molar-refractivity contribution in [3.05, 3.63) is 62.1 Å². The van der Waals surface area contributed by atoms with E-state index in [9.17, 15) is 15.2 Å². The molecule has 23 heavy (non-hydrogen) atoms. The second-order valence-corrected chi connectivity index (χ2v) is 6.19. The highest BCUT2D eigenvalue weighted by molar-refractivity contribution is 9.10. The number of hydrogen-bond acceptors (Lipinski definition) is 4. The molecule has 0 saturated heterocycles. The molecule has 2 rings (SSSR count). The molecule has 0 aliphatic rings. The van der Waals surface area contributed by atoms with Crippen LogP contribution >= 0.6 is 15.9 Å². The van der Waals surface area contributed by atoms with Gasteiger partial charge in [-0.05, 0) is 36.1 Å². The van der Waals surface area contributed by atoms with Crippen molar-refractivity contribution in [2.24, 2.45) is 4.99 Å². The van der Waals surface area contributed by atoms with E-state index in [1.807, 2.05) is 24.3 Å². The number of aromatic hydroxyl groups is 1. The van der Waals surface area contributed by atoms with Gasteiger partial charge < -0.3 is 5.11 Å². The fourth-order valence-electron chi connectivity index (χ4n) is 2.11. The van der Waals surface area contributed by atoms with Crippen LogP contribution in [-0.4, -0.2) is 16.2 Å². The van der Waals surface area contributed by atoms with Gasteiger partial charge in [0.1, 0.15) is 0 Å². The third-order valence-corrected chi connectivity index (χ3v) is 4.17. The summed E-state index contributed by atoms with van der Waals surface area (Å²) in [6, 6.07) is 10.7. The largest absolute Gasteiger partial charge is 0.502 e. The molecule has 0 fully saturated rings. The maximum atomic E-state index is 10.9. The number of nitro benzene ring substituents is 1. The third kappa shape index (κ3) is 4.16. The zero-order chi connectivity index (χ0) is 17.0. The minimum absolute atomic E-state index is 0.289. The van der Waals surface area contributed by atoms with Crippen LogP contribution in [0.5, 0.6) is 5.75 Å². The molecule has 0 saturated carbocycles. The highest BCUT2D eigenvalue weighted by Gasteiger charge is 2.17. The van der Waals surface area contributed by atoms with Gasteiger partial charge in [0.05, 0.1) is 10.6 Å². The van der Waals surface area contributed by atoms with Gasteiger partial charge in [0.2, 0.25) is 5.75 Å². The number of halogens is 1. The number of rotatable bonds is 5. The Morgan fingerprint density at radius 1 is 1.35 bits per heavy atom. The molecule has 6 heteroatoms. The fourth-order valence-corrected chi connectivity index (χ4v) is 2.58. The Hall–Kier alpha value is -2.21. The molecule has 0 bridgehead atoms. The van der Waals surface area contributed by atoms with Gasteiger partial charge >= 0.3 is 5.69 Å². The molecule has 0 spiro atoms. The first-order valence-electron chi connectivity index (χ1n) is 7.23. The van der Waals surface area contributed by atoms with E-state index in [2.05, 4.69) is 34.8 Å². The Morgan fingerprint density at radius 3 is 2.57 bits per heavy atom. The maximum absolute atomic E-state index is 10.9. The summed E-state index contributed by atoms with van der Waals surface area (Å²) in [5, 5.41) is 20.9. The number of benzene rings is 2. The molecule has 0 amide bonds. The highest BCUT2D eigenvalue weighted by Crippen LogP contribution is 2.32. The third-order valence-electron chi connectivity index (χ3n) is 3.71. The molecular formula is C17H17BrN2O3. The quantitative estimate of drug-likeness (QED) is 0.435. The zero-order valence-electron chi connectivity index (χ0n) is 12.9. The molecule has 5 nitrogen and oxygen atoms in total. The van der Waals surface area contributed by atoms with Gasteiger partial charge in [-0.15, -0.1) is 0 Å². The van der Waals surface area contributed by atoms with Gasteiger partial charge in [-0.2, -0.15) is 0 Å². The number of nitro groups is 1. The minimum Gasteiger partial charge on any atom is -0.502 e. The Balaban J connectivity index is 2.28. The molecule has 2 aromatic rings. The van der Waals surface area contributed by atoms with Crippen molar-refractivity contribution in [3.63, 3.8) is 0 Å². The molecule has 0 aliphatic heterocycles. The number of phenolic OH excluding ortho intramolecular Hbond substituents is 1. The van der Waals surface area contributed by atoms with Crippen LogP contribution in [0.15, 0.2) is 45.9 Å². The van der Waals surface area contributed by atoms with Crippen LogP contribution < -0.4 is 0 Å². The van der Waals surface area contributed by atoms with Crippen molar-refractivity contribution in [2.75, 3.05) is 0 Å². The lowest BCUT2D eigenvalue weighted by atomic mass is 9.99. The molecule has 2 aromatic carbocycles. The zero-order valence-corrected chi connectivity index (χ0v) is 14.4. The van der Waals surface area contributed by atoms with E-state index in [4.69, 9.17) is 0 Å². The van der Waals surface area contributed by atoms with Crippen LogP contribution in [0.1, 0.15) is 37.3 Å². The van der Waals surface area contributed by atoms with Gasteiger partial charge in [-0.25, -0.2) is 0 Å². The van der Waals surface area contributed by atoms with Gasteiger partial charge in [0, 0.05) is 22.3 Å². The number of nitrogens with zero attached hydrogens (tertiary/aromatic N) is 2. The van der Waals surface area contributed by atoms with Crippen molar-refractivity contribution in [3.8, 4) is 5.75 Å². The van der Waals surface area contributed by atoms with E-state index >= 15 is 0 Å². The molecule has 0 radical (unpaired) electrons. The van der Waals surface area contributed by atoms with E-state index < -0.39 is 10.7 Å². The molecule has 0 heterocycles. The van der Waals surface area contributed by atoms with Gasteiger partial charge in [0.15, 0.2) is 0 Å². The standard InChI is InChI=1S/C17H17BrN2O3/c1-3-11(2)12-4-6-15(7-5-12)19-10-13-8-14(18)9-16(17(13)21)20(22)23/h4-11,21H,3H2,1-2H3/t11-/m1/s1. The smallest absolute Gasteiger partial charge is 0.312 e. The van der Waals surface area contributed by atoms with Crippen LogP contribution in [-0.2, 0) is 0 Å². The van der Waals surface area contributed by atoms with Crippen LogP contribution in [0.3, 0.4) is 0 Å². The lowest BCUT2D eigenvalue weighted by molar-refractivity contribution is -0.385. The average Bonchev–Trinajstić information content (AvgIpc) is 2.54. The Bertz CT molecular complexity index is 742. The average molecular weight is 377 g/mol.